The van der Waals surface area contributed by atoms with Crippen molar-refractivity contribution in [1.29, 1.82) is 0 Å². The van der Waals surface area contributed by atoms with Crippen LogP contribution in [0.1, 0.15) is 36.0 Å². The van der Waals surface area contributed by atoms with Gasteiger partial charge in [-0.25, -0.2) is 0 Å². The molecule has 1 aliphatic carbocycles. The molecule has 2 atom stereocenters. The Morgan fingerprint density at radius 3 is 2.67 bits per heavy atom. The smallest absolute Gasteiger partial charge is 0.00460 e. The number of aryl methyl sites for hydroxylation is 1. The fourth-order valence-electron chi connectivity index (χ4n) is 3.68. The molecule has 0 heterocycles. The van der Waals surface area contributed by atoms with Gasteiger partial charge in [-0.15, -0.1) is 0 Å². The van der Waals surface area contributed by atoms with Crippen molar-refractivity contribution < 1.29 is 0 Å². The molecule has 2 aromatic carbocycles. The minimum Gasteiger partial charge on any atom is -0.320 e. The van der Waals surface area contributed by atoms with E-state index < -0.39 is 0 Å². The standard InChI is InChI=1S/C20H25N/c1-14-5-4-6-16(11-14)17-7-8-20-18(13-17)12-15(2)19(20)9-10-21-3/h4-8,11,13,15,19,21H,9-10,12H2,1-3H3/t15-,19?/m1/s1. The molecule has 110 valence electrons. The summed E-state index contributed by atoms with van der Waals surface area (Å²) in [6.45, 7) is 5.66. The quantitative estimate of drug-likeness (QED) is 0.866. The molecule has 0 saturated carbocycles. The molecule has 1 unspecified atom stereocenters. The average molecular weight is 279 g/mol. The summed E-state index contributed by atoms with van der Waals surface area (Å²) in [5.74, 6) is 1.49. The van der Waals surface area contributed by atoms with Crippen LogP contribution in [0, 0.1) is 12.8 Å². The second kappa shape index (κ2) is 6.03. The van der Waals surface area contributed by atoms with Crippen molar-refractivity contribution in [3.8, 4) is 11.1 Å². The van der Waals surface area contributed by atoms with Gasteiger partial charge in [-0.2, -0.15) is 0 Å². The minimum absolute atomic E-state index is 0.721. The van der Waals surface area contributed by atoms with Crippen molar-refractivity contribution >= 4 is 0 Å². The number of hydrogen-bond donors (Lipinski definition) is 1. The van der Waals surface area contributed by atoms with Crippen LogP contribution >= 0.6 is 0 Å². The molecule has 0 aliphatic heterocycles. The van der Waals surface area contributed by atoms with Crippen LogP contribution in [0.4, 0.5) is 0 Å². The van der Waals surface area contributed by atoms with Gasteiger partial charge < -0.3 is 5.32 Å². The summed E-state index contributed by atoms with van der Waals surface area (Å²) in [4.78, 5) is 0. The Labute approximate surface area is 128 Å². The first kappa shape index (κ1) is 14.3. The zero-order valence-corrected chi connectivity index (χ0v) is 13.3. The fraction of sp³-hybridized carbons (Fsp3) is 0.400. The van der Waals surface area contributed by atoms with Gasteiger partial charge in [0.1, 0.15) is 0 Å². The second-order valence-electron chi connectivity index (χ2n) is 6.46. The van der Waals surface area contributed by atoms with E-state index in [1.54, 1.807) is 11.1 Å². The lowest BCUT2D eigenvalue weighted by Gasteiger charge is -2.16. The number of fused-ring (bicyclic) bond motifs is 1. The van der Waals surface area contributed by atoms with E-state index in [1.807, 2.05) is 7.05 Å². The van der Waals surface area contributed by atoms with Crippen LogP contribution in [-0.2, 0) is 6.42 Å². The summed E-state index contributed by atoms with van der Waals surface area (Å²) in [6, 6.07) is 15.9. The molecule has 2 aromatic rings. The Morgan fingerprint density at radius 1 is 1.10 bits per heavy atom. The van der Waals surface area contributed by atoms with E-state index in [2.05, 4.69) is 61.6 Å². The highest BCUT2D eigenvalue weighted by Crippen LogP contribution is 2.41. The number of benzene rings is 2. The van der Waals surface area contributed by atoms with Gasteiger partial charge in [-0.1, -0.05) is 55.0 Å². The molecule has 0 aromatic heterocycles. The van der Waals surface area contributed by atoms with E-state index in [0.29, 0.717) is 0 Å². The summed E-state index contributed by atoms with van der Waals surface area (Å²) < 4.78 is 0. The topological polar surface area (TPSA) is 12.0 Å². The maximum Gasteiger partial charge on any atom is -0.00460 e. The molecule has 0 saturated heterocycles. The van der Waals surface area contributed by atoms with Crippen molar-refractivity contribution in [2.45, 2.75) is 32.6 Å². The lowest BCUT2D eigenvalue weighted by atomic mass is 9.90. The monoisotopic (exact) mass is 279 g/mol. The SMILES string of the molecule is CNCCC1c2ccc(-c3cccc(C)c3)cc2C[C@H]1C. The van der Waals surface area contributed by atoms with Gasteiger partial charge >= 0.3 is 0 Å². The van der Waals surface area contributed by atoms with Gasteiger partial charge in [-0.05, 0) is 67.4 Å². The van der Waals surface area contributed by atoms with Gasteiger partial charge in [-0.3, -0.25) is 0 Å². The number of rotatable bonds is 4. The van der Waals surface area contributed by atoms with Crippen molar-refractivity contribution in [1.82, 2.24) is 5.32 Å². The predicted molar refractivity (Wildman–Crippen MR) is 90.8 cm³/mol. The Hall–Kier alpha value is -1.60. The number of nitrogens with one attached hydrogen (secondary N) is 1. The molecule has 0 radical (unpaired) electrons. The minimum atomic E-state index is 0.721. The molecule has 1 aliphatic rings. The Bertz CT molecular complexity index is 629. The Balaban J connectivity index is 1.91. The summed E-state index contributed by atoms with van der Waals surface area (Å²) in [7, 11) is 2.04. The highest BCUT2D eigenvalue weighted by molar-refractivity contribution is 5.66. The van der Waals surface area contributed by atoms with Crippen LogP contribution < -0.4 is 5.32 Å². The van der Waals surface area contributed by atoms with E-state index in [0.717, 1.165) is 18.4 Å². The van der Waals surface area contributed by atoms with Crippen molar-refractivity contribution in [3.63, 3.8) is 0 Å². The first-order valence-electron chi connectivity index (χ1n) is 8.03. The van der Waals surface area contributed by atoms with E-state index in [-0.39, 0.29) is 0 Å². The summed E-state index contributed by atoms with van der Waals surface area (Å²) in [5.41, 5.74) is 7.16. The van der Waals surface area contributed by atoms with Crippen LogP contribution in [0.2, 0.25) is 0 Å². The Kier molecular flexibility index (Phi) is 4.12. The van der Waals surface area contributed by atoms with Crippen molar-refractivity contribution in [3.05, 3.63) is 59.2 Å². The maximum atomic E-state index is 3.29. The third-order valence-corrected chi connectivity index (χ3v) is 4.83. The van der Waals surface area contributed by atoms with Crippen LogP contribution in [0.5, 0.6) is 0 Å². The first-order valence-corrected chi connectivity index (χ1v) is 8.03. The lowest BCUT2D eigenvalue weighted by Crippen LogP contribution is -2.14. The molecule has 0 bridgehead atoms. The van der Waals surface area contributed by atoms with E-state index in [9.17, 15) is 0 Å². The molecule has 3 rings (SSSR count). The summed E-state index contributed by atoms with van der Waals surface area (Å²) in [6.07, 6.45) is 2.47. The maximum absolute atomic E-state index is 3.29. The third kappa shape index (κ3) is 2.89. The van der Waals surface area contributed by atoms with E-state index >= 15 is 0 Å². The Morgan fingerprint density at radius 2 is 1.90 bits per heavy atom. The van der Waals surface area contributed by atoms with Crippen molar-refractivity contribution in [2.75, 3.05) is 13.6 Å². The first-order chi connectivity index (χ1) is 10.2. The average Bonchev–Trinajstić information content (AvgIpc) is 2.79. The highest BCUT2D eigenvalue weighted by atomic mass is 14.8. The van der Waals surface area contributed by atoms with Crippen LogP contribution in [0.3, 0.4) is 0 Å². The van der Waals surface area contributed by atoms with Gasteiger partial charge in [0.05, 0.1) is 0 Å². The van der Waals surface area contributed by atoms with Crippen molar-refractivity contribution in [2.24, 2.45) is 5.92 Å². The van der Waals surface area contributed by atoms with Crippen LogP contribution in [0.15, 0.2) is 42.5 Å². The lowest BCUT2D eigenvalue weighted by molar-refractivity contribution is 0.463. The van der Waals surface area contributed by atoms with Gasteiger partial charge in [0.15, 0.2) is 0 Å². The molecule has 21 heavy (non-hydrogen) atoms. The van der Waals surface area contributed by atoms with Gasteiger partial charge in [0, 0.05) is 0 Å². The molecule has 1 N–H and O–H groups in total. The number of hydrogen-bond acceptors (Lipinski definition) is 1. The fourth-order valence-corrected chi connectivity index (χ4v) is 3.68. The van der Waals surface area contributed by atoms with Gasteiger partial charge in [0.2, 0.25) is 0 Å². The molecule has 0 fully saturated rings. The second-order valence-corrected chi connectivity index (χ2v) is 6.46. The molecular formula is C20H25N. The van der Waals surface area contributed by atoms with Crippen LogP contribution in [-0.4, -0.2) is 13.6 Å². The molecular weight excluding hydrogens is 254 g/mol. The molecule has 1 nitrogen and oxygen atoms in total. The van der Waals surface area contributed by atoms with Gasteiger partial charge in [0.25, 0.3) is 0 Å². The summed E-state index contributed by atoms with van der Waals surface area (Å²) in [5, 5.41) is 3.29. The van der Waals surface area contributed by atoms with E-state index in [1.165, 1.54) is 29.5 Å². The predicted octanol–water partition coefficient (Wildman–Crippen LogP) is 4.55. The highest BCUT2D eigenvalue weighted by Gasteiger charge is 2.28. The zero-order valence-electron chi connectivity index (χ0n) is 13.3. The van der Waals surface area contributed by atoms with E-state index in [4.69, 9.17) is 0 Å². The molecule has 0 spiro atoms. The zero-order chi connectivity index (χ0) is 14.8. The largest absolute Gasteiger partial charge is 0.320 e. The normalized spacial score (nSPS) is 20.5. The summed E-state index contributed by atoms with van der Waals surface area (Å²) >= 11 is 0. The molecule has 0 amide bonds. The van der Waals surface area contributed by atoms with Crippen LogP contribution in [0.25, 0.3) is 11.1 Å². The molecule has 1 heteroatoms. The third-order valence-electron chi connectivity index (χ3n) is 4.83.